The fourth-order valence-electron chi connectivity index (χ4n) is 1.61. The van der Waals surface area contributed by atoms with Gasteiger partial charge < -0.3 is 4.98 Å². The van der Waals surface area contributed by atoms with Gasteiger partial charge in [0.05, 0.1) is 23.5 Å². The Balaban J connectivity index is 2.51. The number of benzene rings is 1. The molecule has 0 saturated heterocycles. The molecule has 16 heavy (non-hydrogen) atoms. The predicted octanol–water partition coefficient (Wildman–Crippen LogP) is 2.93. The molecule has 1 aromatic carbocycles. The molecule has 1 heterocycles. The second-order valence-electron chi connectivity index (χ2n) is 5.02. The van der Waals surface area contributed by atoms with Crippen LogP contribution in [0.15, 0.2) is 18.2 Å². The Morgan fingerprint density at radius 2 is 2.12 bits per heavy atom. The lowest BCUT2D eigenvalue weighted by atomic mass is 9.96. The van der Waals surface area contributed by atoms with Crippen molar-refractivity contribution in [3.63, 3.8) is 0 Å². The second kappa shape index (κ2) is 3.64. The van der Waals surface area contributed by atoms with E-state index in [1.54, 1.807) is 0 Å². The van der Waals surface area contributed by atoms with E-state index in [0.717, 1.165) is 22.4 Å². The van der Waals surface area contributed by atoms with Crippen LogP contribution < -0.4 is 0 Å². The van der Waals surface area contributed by atoms with Crippen molar-refractivity contribution in [2.24, 2.45) is 0 Å². The number of H-pyrrole nitrogens is 1. The van der Waals surface area contributed by atoms with Gasteiger partial charge in [0.25, 0.3) is 0 Å². The highest BCUT2D eigenvalue weighted by molar-refractivity contribution is 5.76. The van der Waals surface area contributed by atoms with Crippen LogP contribution in [0.1, 0.15) is 32.2 Å². The zero-order valence-electron chi connectivity index (χ0n) is 9.83. The average Bonchev–Trinajstić information content (AvgIpc) is 2.60. The maximum Gasteiger partial charge on any atom is 0.112 e. The first-order valence-corrected chi connectivity index (χ1v) is 5.37. The Morgan fingerprint density at radius 1 is 1.38 bits per heavy atom. The molecule has 0 aliphatic rings. The molecule has 0 fully saturated rings. The summed E-state index contributed by atoms with van der Waals surface area (Å²) in [6.07, 6.45) is 0.444. The molecule has 2 aromatic rings. The standard InChI is InChI=1S/C13H15N3/c1-13(2,3)12-15-10-5-4-9(6-7-14)8-11(10)16-12/h4-5,8H,6H2,1-3H3,(H,15,16). The number of nitrogens with one attached hydrogen (secondary N) is 1. The Hall–Kier alpha value is -1.82. The molecule has 0 unspecified atom stereocenters. The van der Waals surface area contributed by atoms with Gasteiger partial charge in [-0.3, -0.25) is 0 Å². The summed E-state index contributed by atoms with van der Waals surface area (Å²) in [7, 11) is 0. The van der Waals surface area contributed by atoms with Gasteiger partial charge >= 0.3 is 0 Å². The van der Waals surface area contributed by atoms with Gasteiger partial charge in [-0.1, -0.05) is 26.8 Å². The van der Waals surface area contributed by atoms with Crippen molar-refractivity contribution >= 4 is 11.0 Å². The smallest absolute Gasteiger partial charge is 0.112 e. The molecule has 0 bridgehead atoms. The van der Waals surface area contributed by atoms with E-state index in [1.165, 1.54) is 0 Å². The molecule has 0 aliphatic carbocycles. The van der Waals surface area contributed by atoms with Gasteiger partial charge in [-0.05, 0) is 17.7 Å². The molecule has 0 aliphatic heterocycles. The average molecular weight is 213 g/mol. The maximum absolute atomic E-state index is 8.65. The number of hydrogen-bond donors (Lipinski definition) is 1. The summed E-state index contributed by atoms with van der Waals surface area (Å²) in [6, 6.07) is 8.08. The fourth-order valence-corrected chi connectivity index (χ4v) is 1.61. The molecule has 3 heteroatoms. The van der Waals surface area contributed by atoms with Crippen molar-refractivity contribution in [3.05, 3.63) is 29.6 Å². The monoisotopic (exact) mass is 213 g/mol. The molecule has 0 saturated carbocycles. The molecule has 2 rings (SSSR count). The lowest BCUT2D eigenvalue weighted by Gasteiger charge is -2.13. The molecule has 0 amide bonds. The second-order valence-corrected chi connectivity index (χ2v) is 5.02. The normalized spacial score (nSPS) is 11.6. The number of rotatable bonds is 1. The van der Waals surface area contributed by atoms with Crippen molar-refractivity contribution in [3.8, 4) is 6.07 Å². The Morgan fingerprint density at radius 3 is 2.75 bits per heavy atom. The first kappa shape index (κ1) is 10.7. The van der Waals surface area contributed by atoms with Crippen molar-refractivity contribution in [2.75, 3.05) is 0 Å². The van der Waals surface area contributed by atoms with Crippen LogP contribution in [0, 0.1) is 11.3 Å². The minimum atomic E-state index is 0.0222. The largest absolute Gasteiger partial charge is 0.342 e. The molecule has 1 N–H and O–H groups in total. The van der Waals surface area contributed by atoms with Gasteiger partial charge in [0, 0.05) is 5.41 Å². The van der Waals surface area contributed by atoms with Crippen molar-refractivity contribution < 1.29 is 0 Å². The van der Waals surface area contributed by atoms with E-state index < -0.39 is 0 Å². The van der Waals surface area contributed by atoms with Gasteiger partial charge in [0.2, 0.25) is 0 Å². The van der Waals surface area contributed by atoms with Crippen LogP contribution in [0.25, 0.3) is 11.0 Å². The zero-order valence-corrected chi connectivity index (χ0v) is 9.83. The van der Waals surface area contributed by atoms with Gasteiger partial charge in [0.1, 0.15) is 5.82 Å². The third-order valence-corrected chi connectivity index (χ3v) is 2.54. The summed E-state index contributed by atoms with van der Waals surface area (Å²) < 4.78 is 0. The number of aromatic amines is 1. The molecule has 82 valence electrons. The van der Waals surface area contributed by atoms with Crippen LogP contribution in [-0.2, 0) is 11.8 Å². The van der Waals surface area contributed by atoms with E-state index in [2.05, 4.69) is 36.8 Å². The molecular weight excluding hydrogens is 198 g/mol. The third-order valence-electron chi connectivity index (χ3n) is 2.54. The number of imidazole rings is 1. The number of fused-ring (bicyclic) bond motifs is 1. The lowest BCUT2D eigenvalue weighted by molar-refractivity contribution is 0.554. The summed E-state index contributed by atoms with van der Waals surface area (Å²) in [4.78, 5) is 7.86. The van der Waals surface area contributed by atoms with Crippen LogP contribution in [0.4, 0.5) is 0 Å². The number of hydrogen-bond acceptors (Lipinski definition) is 2. The highest BCUT2D eigenvalue weighted by atomic mass is 14.9. The Labute approximate surface area is 95.1 Å². The highest BCUT2D eigenvalue weighted by Crippen LogP contribution is 2.22. The first-order chi connectivity index (χ1) is 7.50. The van der Waals surface area contributed by atoms with Crippen molar-refractivity contribution in [2.45, 2.75) is 32.6 Å². The fraction of sp³-hybridized carbons (Fsp3) is 0.385. The van der Waals surface area contributed by atoms with E-state index in [0.29, 0.717) is 6.42 Å². The topological polar surface area (TPSA) is 52.5 Å². The van der Waals surface area contributed by atoms with Crippen LogP contribution in [0.5, 0.6) is 0 Å². The molecular formula is C13H15N3. The Kier molecular flexibility index (Phi) is 2.43. The third kappa shape index (κ3) is 1.92. The minimum Gasteiger partial charge on any atom is -0.342 e. The molecule has 0 atom stereocenters. The van der Waals surface area contributed by atoms with Gasteiger partial charge in [-0.2, -0.15) is 5.26 Å². The summed E-state index contributed by atoms with van der Waals surface area (Å²) >= 11 is 0. The quantitative estimate of drug-likeness (QED) is 0.791. The van der Waals surface area contributed by atoms with E-state index in [4.69, 9.17) is 5.26 Å². The summed E-state index contributed by atoms with van der Waals surface area (Å²) in [6.45, 7) is 6.38. The van der Waals surface area contributed by atoms with E-state index >= 15 is 0 Å². The SMILES string of the molecule is CC(C)(C)c1nc2ccc(CC#N)cc2[nH]1. The summed E-state index contributed by atoms with van der Waals surface area (Å²) in [5, 5.41) is 8.65. The maximum atomic E-state index is 8.65. The van der Waals surface area contributed by atoms with Gasteiger partial charge in [-0.25, -0.2) is 4.98 Å². The van der Waals surface area contributed by atoms with Crippen LogP contribution in [-0.4, -0.2) is 9.97 Å². The van der Waals surface area contributed by atoms with Crippen LogP contribution >= 0.6 is 0 Å². The molecule has 0 spiro atoms. The first-order valence-electron chi connectivity index (χ1n) is 5.37. The summed E-state index contributed by atoms with van der Waals surface area (Å²) in [5.74, 6) is 0.983. The number of aromatic nitrogens is 2. The van der Waals surface area contributed by atoms with Crippen LogP contribution in [0.3, 0.4) is 0 Å². The number of nitrogens with zero attached hydrogens (tertiary/aromatic N) is 2. The zero-order chi connectivity index (χ0) is 11.8. The minimum absolute atomic E-state index is 0.0222. The van der Waals surface area contributed by atoms with Crippen molar-refractivity contribution in [1.29, 1.82) is 5.26 Å². The molecule has 0 radical (unpaired) electrons. The molecule has 3 nitrogen and oxygen atoms in total. The summed E-state index contributed by atoms with van der Waals surface area (Å²) in [5.41, 5.74) is 3.03. The predicted molar refractivity (Wildman–Crippen MR) is 64.1 cm³/mol. The van der Waals surface area contributed by atoms with Gasteiger partial charge in [0.15, 0.2) is 0 Å². The van der Waals surface area contributed by atoms with E-state index in [9.17, 15) is 0 Å². The van der Waals surface area contributed by atoms with E-state index in [1.807, 2.05) is 18.2 Å². The Bertz CT molecular complexity index is 553. The van der Waals surface area contributed by atoms with Crippen LogP contribution in [0.2, 0.25) is 0 Å². The highest BCUT2D eigenvalue weighted by Gasteiger charge is 2.17. The van der Waals surface area contributed by atoms with Gasteiger partial charge in [-0.15, -0.1) is 0 Å². The van der Waals surface area contributed by atoms with Crippen molar-refractivity contribution in [1.82, 2.24) is 9.97 Å². The van der Waals surface area contributed by atoms with E-state index in [-0.39, 0.29) is 5.41 Å². The number of nitriles is 1. The molecule has 1 aromatic heterocycles. The lowest BCUT2D eigenvalue weighted by Crippen LogP contribution is -2.12.